The smallest absolute Gasteiger partial charge is 0.193 e. The highest BCUT2D eigenvalue weighted by atomic mass is 35.5. The van der Waals surface area contributed by atoms with E-state index in [1.165, 1.54) is 14.2 Å². The number of anilines is 1. The first-order valence-electron chi connectivity index (χ1n) is 5.88. The molecule has 0 heterocycles. The Kier molecular flexibility index (Phi) is 4.15. The summed E-state index contributed by atoms with van der Waals surface area (Å²) in [6.45, 7) is 0. The maximum absolute atomic E-state index is 12.4. The lowest BCUT2D eigenvalue weighted by Gasteiger charge is -2.08. The van der Waals surface area contributed by atoms with E-state index in [2.05, 4.69) is 0 Å². The summed E-state index contributed by atoms with van der Waals surface area (Å²) in [5.41, 5.74) is 6.99. The van der Waals surface area contributed by atoms with E-state index in [1.54, 1.807) is 36.4 Å². The molecule has 0 radical (unpaired) electrons. The largest absolute Gasteiger partial charge is 0.497 e. The van der Waals surface area contributed by atoms with Crippen molar-refractivity contribution in [3.05, 3.63) is 52.5 Å². The molecule has 0 aliphatic carbocycles. The van der Waals surface area contributed by atoms with Crippen LogP contribution in [0.15, 0.2) is 36.4 Å². The van der Waals surface area contributed by atoms with Crippen LogP contribution in [0.25, 0.3) is 0 Å². The number of hydrogen-bond acceptors (Lipinski definition) is 4. The molecule has 0 bridgehead atoms. The van der Waals surface area contributed by atoms with E-state index in [9.17, 15) is 4.79 Å². The molecule has 20 heavy (non-hydrogen) atoms. The van der Waals surface area contributed by atoms with E-state index in [-0.39, 0.29) is 5.78 Å². The second-order valence-corrected chi connectivity index (χ2v) is 4.57. The van der Waals surface area contributed by atoms with Crippen LogP contribution < -0.4 is 15.2 Å². The van der Waals surface area contributed by atoms with Gasteiger partial charge in [0.2, 0.25) is 0 Å². The second-order valence-electron chi connectivity index (χ2n) is 4.17. The maximum atomic E-state index is 12.4. The number of carbonyl (C=O) groups is 1. The van der Waals surface area contributed by atoms with Crippen molar-refractivity contribution in [1.82, 2.24) is 0 Å². The number of methoxy groups -OCH3 is 2. The summed E-state index contributed by atoms with van der Waals surface area (Å²) in [5, 5.41) is 0.353. The molecule has 0 aromatic heterocycles. The van der Waals surface area contributed by atoms with Crippen LogP contribution in [0.5, 0.6) is 11.5 Å². The third kappa shape index (κ3) is 2.86. The SMILES string of the molecule is COc1cc(OC)cc(C(=O)c2ccc(N)c(Cl)c2)c1. The molecule has 2 N–H and O–H groups in total. The number of ether oxygens (including phenoxy) is 2. The van der Waals surface area contributed by atoms with Gasteiger partial charge in [0.1, 0.15) is 11.5 Å². The normalized spacial score (nSPS) is 10.2. The number of hydrogen-bond donors (Lipinski definition) is 1. The third-order valence-electron chi connectivity index (χ3n) is 2.88. The Labute approximate surface area is 122 Å². The lowest BCUT2D eigenvalue weighted by Crippen LogP contribution is -2.03. The summed E-state index contributed by atoms with van der Waals surface area (Å²) in [4.78, 5) is 12.4. The molecule has 0 unspecified atom stereocenters. The Morgan fingerprint density at radius 3 is 2.10 bits per heavy atom. The van der Waals surface area contributed by atoms with Gasteiger partial charge >= 0.3 is 0 Å². The van der Waals surface area contributed by atoms with Gasteiger partial charge in [-0.2, -0.15) is 0 Å². The van der Waals surface area contributed by atoms with E-state index in [0.717, 1.165) is 0 Å². The van der Waals surface area contributed by atoms with Gasteiger partial charge in [0.05, 0.1) is 24.9 Å². The van der Waals surface area contributed by atoms with Gasteiger partial charge in [-0.3, -0.25) is 4.79 Å². The van der Waals surface area contributed by atoms with Gasteiger partial charge in [-0.15, -0.1) is 0 Å². The van der Waals surface area contributed by atoms with Gasteiger partial charge in [-0.1, -0.05) is 11.6 Å². The molecule has 2 aromatic carbocycles. The molecule has 2 rings (SSSR count). The topological polar surface area (TPSA) is 61.5 Å². The standard InChI is InChI=1S/C15H14ClNO3/c1-19-11-5-10(6-12(8-11)20-2)15(18)9-3-4-14(17)13(16)7-9/h3-8H,17H2,1-2H3. The average Bonchev–Trinajstić information content (AvgIpc) is 2.48. The molecule has 0 saturated heterocycles. The van der Waals surface area contributed by atoms with Crippen LogP contribution in [0.1, 0.15) is 15.9 Å². The monoisotopic (exact) mass is 291 g/mol. The molecule has 4 nitrogen and oxygen atoms in total. The summed E-state index contributed by atoms with van der Waals surface area (Å²) in [7, 11) is 3.06. The molecule has 0 saturated carbocycles. The minimum atomic E-state index is -0.177. The third-order valence-corrected chi connectivity index (χ3v) is 3.20. The van der Waals surface area contributed by atoms with Crippen LogP contribution >= 0.6 is 11.6 Å². The van der Waals surface area contributed by atoms with Crippen LogP contribution in [0, 0.1) is 0 Å². The molecule has 2 aromatic rings. The number of ketones is 1. The Balaban J connectivity index is 2.44. The Hall–Kier alpha value is -2.20. The van der Waals surface area contributed by atoms with Crippen LogP contribution in [0.2, 0.25) is 5.02 Å². The van der Waals surface area contributed by atoms with Gasteiger partial charge in [0.15, 0.2) is 5.78 Å². The number of halogens is 1. The predicted molar refractivity (Wildman–Crippen MR) is 78.8 cm³/mol. The number of nitrogens with two attached hydrogens (primary N) is 1. The molecule has 0 spiro atoms. The molecule has 0 fully saturated rings. The maximum Gasteiger partial charge on any atom is 0.193 e. The van der Waals surface area contributed by atoms with Gasteiger partial charge in [-0.25, -0.2) is 0 Å². The highest BCUT2D eigenvalue weighted by molar-refractivity contribution is 6.33. The van der Waals surface area contributed by atoms with E-state index in [0.29, 0.717) is 33.3 Å². The minimum absolute atomic E-state index is 0.177. The number of rotatable bonds is 4. The van der Waals surface area contributed by atoms with Crippen LogP contribution in [-0.4, -0.2) is 20.0 Å². The quantitative estimate of drug-likeness (QED) is 0.694. The molecule has 0 aliphatic rings. The fraction of sp³-hybridized carbons (Fsp3) is 0.133. The Morgan fingerprint density at radius 2 is 1.60 bits per heavy atom. The van der Waals surface area contributed by atoms with Crippen molar-refractivity contribution in [2.45, 2.75) is 0 Å². The molecular formula is C15H14ClNO3. The summed E-state index contributed by atoms with van der Waals surface area (Å²) in [5.74, 6) is 0.924. The average molecular weight is 292 g/mol. The first kappa shape index (κ1) is 14.2. The van der Waals surface area contributed by atoms with Gasteiger partial charge < -0.3 is 15.2 Å². The summed E-state index contributed by atoms with van der Waals surface area (Å²) >= 11 is 5.94. The number of nitrogen functional groups attached to an aromatic ring is 1. The zero-order valence-electron chi connectivity index (χ0n) is 11.1. The number of carbonyl (C=O) groups excluding carboxylic acids is 1. The molecule has 0 atom stereocenters. The van der Waals surface area contributed by atoms with Crippen LogP contribution in [0.3, 0.4) is 0 Å². The van der Waals surface area contributed by atoms with Crippen molar-refractivity contribution in [2.75, 3.05) is 20.0 Å². The number of benzene rings is 2. The summed E-state index contributed by atoms with van der Waals surface area (Å²) < 4.78 is 10.3. The fourth-order valence-electron chi connectivity index (χ4n) is 1.77. The van der Waals surface area contributed by atoms with E-state index >= 15 is 0 Å². The Bertz CT molecular complexity index is 633. The summed E-state index contributed by atoms with van der Waals surface area (Å²) in [6, 6.07) is 9.78. The first-order chi connectivity index (χ1) is 9.55. The van der Waals surface area contributed by atoms with Gasteiger partial charge in [0.25, 0.3) is 0 Å². The van der Waals surface area contributed by atoms with Crippen molar-refractivity contribution in [1.29, 1.82) is 0 Å². The van der Waals surface area contributed by atoms with Crippen molar-refractivity contribution in [3.8, 4) is 11.5 Å². The van der Waals surface area contributed by atoms with E-state index in [1.807, 2.05) is 0 Å². The van der Waals surface area contributed by atoms with Gasteiger partial charge in [0, 0.05) is 17.2 Å². The van der Waals surface area contributed by atoms with Gasteiger partial charge in [-0.05, 0) is 30.3 Å². The van der Waals surface area contributed by atoms with Crippen LogP contribution in [0.4, 0.5) is 5.69 Å². The molecule has 0 aliphatic heterocycles. The Morgan fingerprint density at radius 1 is 1.00 bits per heavy atom. The molecule has 104 valence electrons. The predicted octanol–water partition coefficient (Wildman–Crippen LogP) is 3.17. The van der Waals surface area contributed by atoms with E-state index < -0.39 is 0 Å². The van der Waals surface area contributed by atoms with Crippen molar-refractivity contribution < 1.29 is 14.3 Å². The molecule has 5 heteroatoms. The lowest BCUT2D eigenvalue weighted by atomic mass is 10.0. The van der Waals surface area contributed by atoms with Crippen molar-refractivity contribution in [2.24, 2.45) is 0 Å². The zero-order valence-corrected chi connectivity index (χ0v) is 11.9. The van der Waals surface area contributed by atoms with Crippen molar-refractivity contribution in [3.63, 3.8) is 0 Å². The highest BCUT2D eigenvalue weighted by Crippen LogP contribution is 2.26. The summed E-state index contributed by atoms with van der Waals surface area (Å²) in [6.07, 6.45) is 0. The zero-order chi connectivity index (χ0) is 14.7. The molecule has 0 amide bonds. The fourth-order valence-corrected chi connectivity index (χ4v) is 1.95. The van der Waals surface area contributed by atoms with Crippen LogP contribution in [-0.2, 0) is 0 Å². The highest BCUT2D eigenvalue weighted by Gasteiger charge is 2.13. The second kappa shape index (κ2) is 5.84. The lowest BCUT2D eigenvalue weighted by molar-refractivity contribution is 0.103. The first-order valence-corrected chi connectivity index (χ1v) is 6.25. The minimum Gasteiger partial charge on any atom is -0.497 e. The van der Waals surface area contributed by atoms with E-state index in [4.69, 9.17) is 26.8 Å². The van der Waals surface area contributed by atoms with Crippen molar-refractivity contribution >= 4 is 23.1 Å². The molecular weight excluding hydrogens is 278 g/mol.